The first-order valence-corrected chi connectivity index (χ1v) is 9.09. The molecule has 0 spiro atoms. The number of thiophene rings is 1. The lowest BCUT2D eigenvalue weighted by molar-refractivity contribution is -0.123. The lowest BCUT2D eigenvalue weighted by atomic mass is 9.97. The van der Waals surface area contributed by atoms with Crippen molar-refractivity contribution in [2.75, 3.05) is 32.7 Å². The molecule has 0 bridgehead atoms. The van der Waals surface area contributed by atoms with Gasteiger partial charge in [-0.05, 0) is 50.2 Å². The molecule has 1 fully saturated rings. The Balaban J connectivity index is 1.51. The van der Waals surface area contributed by atoms with Crippen LogP contribution in [0.25, 0.3) is 0 Å². The van der Waals surface area contributed by atoms with E-state index in [0.717, 1.165) is 45.3 Å². The van der Waals surface area contributed by atoms with Crippen molar-refractivity contribution in [2.24, 2.45) is 11.7 Å². The van der Waals surface area contributed by atoms with E-state index in [1.165, 1.54) is 4.88 Å². The van der Waals surface area contributed by atoms with Crippen molar-refractivity contribution in [3.05, 3.63) is 22.4 Å². The van der Waals surface area contributed by atoms with Crippen molar-refractivity contribution < 1.29 is 9.59 Å². The van der Waals surface area contributed by atoms with E-state index in [1.54, 1.807) is 11.3 Å². The first-order chi connectivity index (χ1) is 11.1. The molecule has 7 heteroatoms. The van der Waals surface area contributed by atoms with Gasteiger partial charge in [-0.25, -0.2) is 4.79 Å². The number of hydrogen-bond donors (Lipinski definition) is 3. The second kappa shape index (κ2) is 9.52. The monoisotopic (exact) mass is 338 g/mol. The summed E-state index contributed by atoms with van der Waals surface area (Å²) in [6.45, 7) is 3.94. The van der Waals surface area contributed by atoms with Gasteiger partial charge in [0.05, 0.1) is 5.92 Å². The van der Waals surface area contributed by atoms with Gasteiger partial charge in [0.1, 0.15) is 0 Å². The zero-order chi connectivity index (χ0) is 16.5. The quantitative estimate of drug-likeness (QED) is 0.622. The van der Waals surface area contributed by atoms with Crippen molar-refractivity contribution in [1.29, 1.82) is 0 Å². The first-order valence-electron chi connectivity index (χ1n) is 8.21. The van der Waals surface area contributed by atoms with Crippen LogP contribution >= 0.6 is 11.3 Å². The van der Waals surface area contributed by atoms with Gasteiger partial charge in [0.15, 0.2) is 0 Å². The highest BCUT2D eigenvalue weighted by molar-refractivity contribution is 7.09. The van der Waals surface area contributed by atoms with Gasteiger partial charge in [0.2, 0.25) is 5.91 Å². The summed E-state index contributed by atoms with van der Waals surface area (Å²) in [5.41, 5.74) is 5.38. The molecule has 0 radical (unpaired) electrons. The van der Waals surface area contributed by atoms with Gasteiger partial charge >= 0.3 is 6.03 Å². The zero-order valence-electron chi connectivity index (χ0n) is 13.4. The molecule has 0 aromatic carbocycles. The van der Waals surface area contributed by atoms with E-state index in [-0.39, 0.29) is 17.9 Å². The maximum absolute atomic E-state index is 11.7. The number of carbonyl (C=O) groups excluding carboxylic acids is 2. The van der Waals surface area contributed by atoms with Gasteiger partial charge in [-0.2, -0.15) is 0 Å². The number of carbonyl (C=O) groups is 2. The first kappa shape index (κ1) is 17.7. The number of likely N-dealkylation sites (tertiary alicyclic amines) is 1. The SMILES string of the molecule is NC(=O)C1CCCN(CCCNC(=O)NCCc2cccs2)C1. The lowest BCUT2D eigenvalue weighted by Gasteiger charge is -2.31. The Morgan fingerprint density at radius 3 is 2.91 bits per heavy atom. The Kier molecular flexibility index (Phi) is 7.35. The predicted octanol–water partition coefficient (Wildman–Crippen LogP) is 1.18. The second-order valence-electron chi connectivity index (χ2n) is 5.91. The molecule has 128 valence electrons. The van der Waals surface area contributed by atoms with Crippen LogP contribution in [0.1, 0.15) is 24.1 Å². The minimum absolute atomic E-state index is 0.0164. The average molecular weight is 338 g/mol. The Morgan fingerprint density at radius 2 is 2.17 bits per heavy atom. The van der Waals surface area contributed by atoms with Crippen LogP contribution in [-0.4, -0.2) is 49.6 Å². The fourth-order valence-electron chi connectivity index (χ4n) is 2.81. The molecule has 1 aromatic rings. The molecular weight excluding hydrogens is 312 g/mol. The summed E-state index contributed by atoms with van der Waals surface area (Å²) in [5.74, 6) is -0.213. The van der Waals surface area contributed by atoms with Crippen LogP contribution in [0.5, 0.6) is 0 Å². The number of nitrogens with two attached hydrogens (primary N) is 1. The van der Waals surface area contributed by atoms with E-state index in [0.29, 0.717) is 13.1 Å². The molecule has 1 aromatic heterocycles. The number of hydrogen-bond acceptors (Lipinski definition) is 4. The molecule has 1 atom stereocenters. The Bertz CT molecular complexity index is 492. The van der Waals surface area contributed by atoms with Crippen molar-refractivity contribution in [3.63, 3.8) is 0 Å². The molecule has 1 saturated heterocycles. The molecule has 0 aliphatic carbocycles. The van der Waals surface area contributed by atoms with Gasteiger partial charge in [-0.15, -0.1) is 11.3 Å². The normalized spacial score (nSPS) is 18.5. The van der Waals surface area contributed by atoms with Crippen molar-refractivity contribution in [1.82, 2.24) is 15.5 Å². The minimum Gasteiger partial charge on any atom is -0.369 e. The Hall–Kier alpha value is -1.60. The molecule has 3 amide bonds. The van der Waals surface area contributed by atoms with Crippen LogP contribution in [0.4, 0.5) is 4.79 Å². The number of piperidine rings is 1. The zero-order valence-corrected chi connectivity index (χ0v) is 14.2. The van der Waals surface area contributed by atoms with E-state index < -0.39 is 0 Å². The summed E-state index contributed by atoms with van der Waals surface area (Å²) in [5, 5.41) is 7.78. The van der Waals surface area contributed by atoms with E-state index in [4.69, 9.17) is 5.73 Å². The van der Waals surface area contributed by atoms with E-state index in [9.17, 15) is 9.59 Å². The molecule has 2 heterocycles. The fourth-order valence-corrected chi connectivity index (χ4v) is 3.52. The van der Waals surface area contributed by atoms with Crippen molar-refractivity contribution >= 4 is 23.3 Å². The standard InChI is InChI=1S/C16H26N4O2S/c17-15(21)13-4-1-9-20(12-13)10-3-7-18-16(22)19-8-6-14-5-2-11-23-14/h2,5,11,13H,1,3-4,6-10,12H2,(H2,17,21)(H2,18,19,22). The van der Waals surface area contributed by atoms with Crippen LogP contribution in [-0.2, 0) is 11.2 Å². The van der Waals surface area contributed by atoms with Crippen LogP contribution in [0.15, 0.2) is 17.5 Å². The van der Waals surface area contributed by atoms with Gasteiger partial charge < -0.3 is 21.3 Å². The fraction of sp³-hybridized carbons (Fsp3) is 0.625. The maximum atomic E-state index is 11.7. The van der Waals surface area contributed by atoms with Gasteiger partial charge in [0.25, 0.3) is 0 Å². The predicted molar refractivity (Wildman–Crippen MR) is 92.4 cm³/mol. The highest BCUT2D eigenvalue weighted by Crippen LogP contribution is 2.15. The minimum atomic E-state index is -0.196. The molecule has 23 heavy (non-hydrogen) atoms. The number of nitrogens with zero attached hydrogens (tertiary/aromatic N) is 1. The average Bonchev–Trinajstić information content (AvgIpc) is 3.05. The highest BCUT2D eigenvalue weighted by atomic mass is 32.1. The smallest absolute Gasteiger partial charge is 0.314 e. The summed E-state index contributed by atoms with van der Waals surface area (Å²) in [6, 6.07) is 3.97. The molecular formula is C16H26N4O2S. The molecule has 0 saturated carbocycles. The largest absolute Gasteiger partial charge is 0.369 e. The molecule has 1 unspecified atom stereocenters. The van der Waals surface area contributed by atoms with E-state index in [1.807, 2.05) is 11.4 Å². The summed E-state index contributed by atoms with van der Waals surface area (Å²) in [7, 11) is 0. The highest BCUT2D eigenvalue weighted by Gasteiger charge is 2.23. The Labute approximate surface area is 141 Å². The van der Waals surface area contributed by atoms with Crippen LogP contribution < -0.4 is 16.4 Å². The number of urea groups is 1. The van der Waals surface area contributed by atoms with Crippen LogP contribution in [0.2, 0.25) is 0 Å². The van der Waals surface area contributed by atoms with Gasteiger partial charge in [-0.1, -0.05) is 6.07 Å². The molecule has 1 aliphatic rings. The lowest BCUT2D eigenvalue weighted by Crippen LogP contribution is -2.42. The molecule has 1 aliphatic heterocycles. The van der Waals surface area contributed by atoms with Crippen LogP contribution in [0.3, 0.4) is 0 Å². The summed E-state index contributed by atoms with van der Waals surface area (Å²) >= 11 is 1.70. The third-order valence-electron chi connectivity index (χ3n) is 4.08. The number of nitrogens with one attached hydrogen (secondary N) is 2. The summed E-state index contributed by atoms with van der Waals surface area (Å²) in [4.78, 5) is 26.4. The van der Waals surface area contributed by atoms with E-state index in [2.05, 4.69) is 21.6 Å². The van der Waals surface area contributed by atoms with Gasteiger partial charge in [-0.3, -0.25) is 4.79 Å². The topological polar surface area (TPSA) is 87.5 Å². The van der Waals surface area contributed by atoms with E-state index >= 15 is 0 Å². The van der Waals surface area contributed by atoms with Crippen LogP contribution in [0, 0.1) is 5.92 Å². The third kappa shape index (κ3) is 6.58. The van der Waals surface area contributed by atoms with Crippen molar-refractivity contribution in [2.45, 2.75) is 25.7 Å². The van der Waals surface area contributed by atoms with Gasteiger partial charge in [0, 0.05) is 24.5 Å². The summed E-state index contributed by atoms with van der Waals surface area (Å²) in [6.07, 6.45) is 3.66. The summed E-state index contributed by atoms with van der Waals surface area (Å²) < 4.78 is 0. The molecule has 4 N–H and O–H groups in total. The maximum Gasteiger partial charge on any atom is 0.314 e. The second-order valence-corrected chi connectivity index (χ2v) is 6.94. The molecule has 6 nitrogen and oxygen atoms in total. The van der Waals surface area contributed by atoms with Crippen molar-refractivity contribution in [3.8, 4) is 0 Å². The number of amides is 3. The molecule has 2 rings (SSSR count). The third-order valence-corrected chi connectivity index (χ3v) is 5.02. The Morgan fingerprint density at radius 1 is 1.35 bits per heavy atom. The number of primary amides is 1. The number of rotatable bonds is 8.